The van der Waals surface area contributed by atoms with Crippen molar-refractivity contribution in [3.05, 3.63) is 29.8 Å². The van der Waals surface area contributed by atoms with Crippen LogP contribution in [0.15, 0.2) is 24.3 Å². The Morgan fingerprint density at radius 3 is 2.21 bits per heavy atom. The molecule has 7 heteroatoms. The van der Waals surface area contributed by atoms with E-state index in [-0.39, 0.29) is 30.6 Å². The number of ether oxygens (including phenoxy) is 1. The van der Waals surface area contributed by atoms with E-state index < -0.39 is 0 Å². The lowest BCUT2D eigenvalue weighted by Crippen LogP contribution is -2.34. The zero-order chi connectivity index (χ0) is 17.9. The second-order valence-corrected chi connectivity index (χ2v) is 5.35. The lowest BCUT2D eigenvalue weighted by atomic mass is 10.2. The van der Waals surface area contributed by atoms with Crippen LogP contribution in [0.3, 0.4) is 0 Å². The van der Waals surface area contributed by atoms with E-state index in [9.17, 15) is 14.4 Å². The zero-order valence-corrected chi connectivity index (χ0v) is 14.4. The number of carbonyl (C=O) groups excluding carboxylic acids is 3. The molecule has 0 aromatic heterocycles. The molecule has 0 unspecified atom stereocenters. The van der Waals surface area contributed by atoms with Gasteiger partial charge >= 0.3 is 5.97 Å². The maximum Gasteiger partial charge on any atom is 0.306 e. The molecule has 132 valence electrons. The minimum absolute atomic E-state index is 0.0598. The molecule has 0 fully saturated rings. The molecular formula is C17H25N3O4. The Balaban J connectivity index is 2.23. The number of hydrogen-bond acceptors (Lipinski definition) is 5. The van der Waals surface area contributed by atoms with E-state index in [1.807, 2.05) is 31.1 Å². The Morgan fingerprint density at radius 2 is 1.62 bits per heavy atom. The van der Waals surface area contributed by atoms with Crippen molar-refractivity contribution in [1.82, 2.24) is 10.6 Å². The van der Waals surface area contributed by atoms with Crippen molar-refractivity contribution in [1.29, 1.82) is 0 Å². The first kappa shape index (κ1) is 19.5. The predicted octanol–water partition coefficient (Wildman–Crippen LogP) is 0.942. The van der Waals surface area contributed by atoms with Gasteiger partial charge < -0.3 is 20.3 Å². The molecule has 0 saturated carbocycles. The fraction of sp³-hybridized carbons (Fsp3) is 0.471. The van der Waals surface area contributed by atoms with Gasteiger partial charge in [-0.15, -0.1) is 0 Å². The Bertz CT molecular complexity index is 555. The van der Waals surface area contributed by atoms with Gasteiger partial charge in [-0.1, -0.05) is 0 Å². The lowest BCUT2D eigenvalue weighted by molar-refractivity contribution is -0.144. The van der Waals surface area contributed by atoms with E-state index in [0.29, 0.717) is 25.3 Å². The molecule has 0 aliphatic carbocycles. The second kappa shape index (κ2) is 10.3. The molecule has 24 heavy (non-hydrogen) atoms. The van der Waals surface area contributed by atoms with Gasteiger partial charge in [-0.3, -0.25) is 14.4 Å². The standard InChI is InChI=1S/C17H25N3O4/c1-4-24-16(22)10-9-15(21)18-11-12-19-17(23)13-5-7-14(8-6-13)20(2)3/h5-8H,4,9-12H2,1-3H3,(H,18,21)(H,19,23). The van der Waals surface area contributed by atoms with E-state index in [2.05, 4.69) is 10.6 Å². The summed E-state index contributed by atoms with van der Waals surface area (Å²) in [5.41, 5.74) is 1.58. The molecule has 0 aliphatic rings. The SMILES string of the molecule is CCOC(=O)CCC(=O)NCCNC(=O)c1ccc(N(C)C)cc1. The van der Waals surface area contributed by atoms with Gasteiger partial charge in [0.05, 0.1) is 13.0 Å². The molecule has 0 heterocycles. The summed E-state index contributed by atoms with van der Waals surface area (Å²) in [6.45, 7) is 2.65. The third kappa shape index (κ3) is 7.13. The minimum Gasteiger partial charge on any atom is -0.466 e. The summed E-state index contributed by atoms with van der Waals surface area (Å²) in [5.74, 6) is -0.823. The molecule has 0 bridgehead atoms. The van der Waals surface area contributed by atoms with Gasteiger partial charge in [-0.2, -0.15) is 0 Å². The number of nitrogens with one attached hydrogen (secondary N) is 2. The maximum atomic E-state index is 12.0. The summed E-state index contributed by atoms with van der Waals surface area (Å²) in [4.78, 5) is 36.6. The number of esters is 1. The van der Waals surface area contributed by atoms with Gasteiger partial charge in [-0.25, -0.2) is 0 Å². The molecular weight excluding hydrogens is 310 g/mol. The van der Waals surface area contributed by atoms with Crippen LogP contribution in [0.4, 0.5) is 5.69 Å². The first-order chi connectivity index (χ1) is 11.4. The number of amides is 2. The van der Waals surface area contributed by atoms with Gasteiger partial charge in [0.2, 0.25) is 5.91 Å². The highest BCUT2D eigenvalue weighted by Crippen LogP contribution is 2.11. The van der Waals surface area contributed by atoms with Crippen molar-refractivity contribution in [2.24, 2.45) is 0 Å². The van der Waals surface area contributed by atoms with Crippen LogP contribution in [0, 0.1) is 0 Å². The fourth-order valence-corrected chi connectivity index (χ4v) is 1.93. The maximum absolute atomic E-state index is 12.0. The highest BCUT2D eigenvalue weighted by molar-refractivity contribution is 5.94. The Labute approximate surface area is 142 Å². The van der Waals surface area contributed by atoms with Crippen molar-refractivity contribution in [2.45, 2.75) is 19.8 Å². The molecule has 7 nitrogen and oxygen atoms in total. The van der Waals surface area contributed by atoms with Gasteiger partial charge in [0, 0.05) is 44.9 Å². The van der Waals surface area contributed by atoms with Crippen LogP contribution in [0.25, 0.3) is 0 Å². The number of carbonyl (C=O) groups is 3. The van der Waals surface area contributed by atoms with Crippen LogP contribution in [-0.4, -0.2) is 51.6 Å². The Kier molecular flexibility index (Phi) is 8.32. The monoisotopic (exact) mass is 335 g/mol. The van der Waals surface area contributed by atoms with Gasteiger partial charge in [0.25, 0.3) is 5.91 Å². The van der Waals surface area contributed by atoms with Crippen LogP contribution in [-0.2, 0) is 14.3 Å². The molecule has 0 spiro atoms. The van der Waals surface area contributed by atoms with Crippen LogP contribution >= 0.6 is 0 Å². The third-order valence-electron chi connectivity index (χ3n) is 3.24. The zero-order valence-electron chi connectivity index (χ0n) is 14.4. The highest BCUT2D eigenvalue weighted by atomic mass is 16.5. The molecule has 0 atom stereocenters. The number of rotatable bonds is 9. The van der Waals surface area contributed by atoms with E-state index in [1.54, 1.807) is 19.1 Å². The molecule has 2 N–H and O–H groups in total. The van der Waals surface area contributed by atoms with Gasteiger partial charge in [0.15, 0.2) is 0 Å². The van der Waals surface area contributed by atoms with Crippen molar-refractivity contribution in [3.8, 4) is 0 Å². The number of benzene rings is 1. The summed E-state index contributed by atoms with van der Waals surface area (Å²) in [7, 11) is 3.86. The first-order valence-corrected chi connectivity index (χ1v) is 7.92. The third-order valence-corrected chi connectivity index (χ3v) is 3.24. The summed E-state index contributed by atoms with van der Waals surface area (Å²) in [6, 6.07) is 7.24. The predicted molar refractivity (Wildman–Crippen MR) is 92.0 cm³/mol. The summed E-state index contributed by atoms with van der Waals surface area (Å²) in [5, 5.41) is 5.37. The number of anilines is 1. The average Bonchev–Trinajstić information content (AvgIpc) is 2.57. The van der Waals surface area contributed by atoms with Crippen molar-refractivity contribution >= 4 is 23.5 Å². The molecule has 0 radical (unpaired) electrons. The van der Waals surface area contributed by atoms with Crippen molar-refractivity contribution < 1.29 is 19.1 Å². The van der Waals surface area contributed by atoms with Crippen LogP contribution in [0.1, 0.15) is 30.1 Å². The number of nitrogens with zero attached hydrogens (tertiary/aromatic N) is 1. The van der Waals surface area contributed by atoms with Crippen LogP contribution < -0.4 is 15.5 Å². The molecule has 2 amide bonds. The lowest BCUT2D eigenvalue weighted by Gasteiger charge is -2.12. The molecule has 1 aromatic rings. The molecule has 1 aromatic carbocycles. The topological polar surface area (TPSA) is 87.7 Å². The second-order valence-electron chi connectivity index (χ2n) is 5.35. The smallest absolute Gasteiger partial charge is 0.306 e. The summed E-state index contributed by atoms with van der Waals surface area (Å²) >= 11 is 0. The Morgan fingerprint density at radius 1 is 1.00 bits per heavy atom. The number of hydrogen-bond donors (Lipinski definition) is 2. The van der Waals surface area contributed by atoms with Crippen LogP contribution in [0.5, 0.6) is 0 Å². The van der Waals surface area contributed by atoms with E-state index in [0.717, 1.165) is 5.69 Å². The largest absolute Gasteiger partial charge is 0.466 e. The molecule has 1 rings (SSSR count). The summed E-state index contributed by atoms with van der Waals surface area (Å²) < 4.78 is 4.74. The first-order valence-electron chi connectivity index (χ1n) is 7.92. The van der Waals surface area contributed by atoms with Gasteiger partial charge in [-0.05, 0) is 31.2 Å². The van der Waals surface area contributed by atoms with E-state index in [1.165, 1.54) is 0 Å². The van der Waals surface area contributed by atoms with E-state index >= 15 is 0 Å². The fourth-order valence-electron chi connectivity index (χ4n) is 1.93. The molecule has 0 saturated heterocycles. The normalized spacial score (nSPS) is 9.96. The average molecular weight is 335 g/mol. The quantitative estimate of drug-likeness (QED) is 0.518. The summed E-state index contributed by atoms with van der Waals surface area (Å²) in [6.07, 6.45) is 0.142. The van der Waals surface area contributed by atoms with Crippen LogP contribution in [0.2, 0.25) is 0 Å². The van der Waals surface area contributed by atoms with Gasteiger partial charge in [0.1, 0.15) is 0 Å². The Hall–Kier alpha value is -2.57. The minimum atomic E-state index is -0.387. The van der Waals surface area contributed by atoms with Crippen molar-refractivity contribution in [3.63, 3.8) is 0 Å². The molecule has 0 aliphatic heterocycles. The van der Waals surface area contributed by atoms with Crippen molar-refractivity contribution in [2.75, 3.05) is 38.7 Å². The van der Waals surface area contributed by atoms with E-state index in [4.69, 9.17) is 4.74 Å². The highest BCUT2D eigenvalue weighted by Gasteiger charge is 2.08.